The average Bonchev–Trinajstić information content (AvgIpc) is 2.73. The van der Waals surface area contributed by atoms with Crippen molar-refractivity contribution in [3.8, 4) is 0 Å². The van der Waals surface area contributed by atoms with E-state index in [0.29, 0.717) is 16.6 Å². The summed E-state index contributed by atoms with van der Waals surface area (Å²) >= 11 is 12.0. The second-order valence-electron chi connectivity index (χ2n) is 4.60. The molecule has 0 fully saturated rings. The maximum atomic E-state index is 5.99. The summed E-state index contributed by atoms with van der Waals surface area (Å²) in [5.41, 5.74) is 3.00. The van der Waals surface area contributed by atoms with Crippen molar-refractivity contribution in [1.82, 2.24) is 9.78 Å². The molecule has 1 aromatic heterocycles. The van der Waals surface area contributed by atoms with Gasteiger partial charge in [0.05, 0.1) is 17.8 Å². The van der Waals surface area contributed by atoms with Crippen LogP contribution in [0.2, 0.25) is 10.0 Å². The normalized spacial score (nSPS) is 10.9. The first-order valence-electron chi connectivity index (χ1n) is 6.24. The standard InChI is InChI=1S/C15H13Cl2N3/c1-20-15-5-3-2-4-13(15)14(19-20)9-18-12-7-10(16)6-11(17)8-12/h2-8,18H,9H2,1H3. The highest BCUT2D eigenvalue weighted by Gasteiger charge is 2.07. The van der Waals surface area contributed by atoms with E-state index in [4.69, 9.17) is 23.2 Å². The topological polar surface area (TPSA) is 29.9 Å². The van der Waals surface area contributed by atoms with E-state index in [0.717, 1.165) is 22.3 Å². The van der Waals surface area contributed by atoms with Crippen LogP contribution in [0, 0.1) is 0 Å². The number of aromatic nitrogens is 2. The second kappa shape index (κ2) is 5.35. The zero-order valence-corrected chi connectivity index (χ0v) is 12.4. The van der Waals surface area contributed by atoms with Gasteiger partial charge in [-0.05, 0) is 24.3 Å². The molecular formula is C15H13Cl2N3. The van der Waals surface area contributed by atoms with Crippen LogP contribution >= 0.6 is 23.2 Å². The van der Waals surface area contributed by atoms with Gasteiger partial charge in [0.25, 0.3) is 0 Å². The summed E-state index contributed by atoms with van der Waals surface area (Å²) in [6.07, 6.45) is 0. The predicted octanol–water partition coefficient (Wildman–Crippen LogP) is 4.49. The van der Waals surface area contributed by atoms with E-state index in [9.17, 15) is 0 Å². The fourth-order valence-electron chi connectivity index (χ4n) is 2.26. The van der Waals surface area contributed by atoms with Crippen molar-refractivity contribution in [2.75, 3.05) is 5.32 Å². The van der Waals surface area contributed by atoms with E-state index in [2.05, 4.69) is 22.5 Å². The summed E-state index contributed by atoms with van der Waals surface area (Å²) in [6, 6.07) is 13.6. The van der Waals surface area contributed by atoms with Gasteiger partial charge in [-0.15, -0.1) is 0 Å². The quantitative estimate of drug-likeness (QED) is 0.772. The number of nitrogens with one attached hydrogen (secondary N) is 1. The minimum atomic E-state index is 0.617. The van der Waals surface area contributed by atoms with Gasteiger partial charge in [-0.2, -0.15) is 5.10 Å². The van der Waals surface area contributed by atoms with Crippen molar-refractivity contribution < 1.29 is 0 Å². The highest BCUT2D eigenvalue weighted by atomic mass is 35.5. The van der Waals surface area contributed by atoms with E-state index in [1.807, 2.05) is 36.0 Å². The monoisotopic (exact) mass is 305 g/mol. The molecule has 3 nitrogen and oxygen atoms in total. The van der Waals surface area contributed by atoms with Gasteiger partial charge in [-0.1, -0.05) is 41.4 Å². The first-order valence-corrected chi connectivity index (χ1v) is 6.99. The number of anilines is 1. The molecule has 0 unspecified atom stereocenters. The SMILES string of the molecule is Cn1nc(CNc2cc(Cl)cc(Cl)c2)c2ccccc21. The summed E-state index contributed by atoms with van der Waals surface area (Å²) < 4.78 is 1.89. The second-order valence-corrected chi connectivity index (χ2v) is 5.47. The average molecular weight is 306 g/mol. The van der Waals surface area contributed by atoms with Gasteiger partial charge in [0.2, 0.25) is 0 Å². The summed E-state index contributed by atoms with van der Waals surface area (Å²) in [5.74, 6) is 0. The van der Waals surface area contributed by atoms with Crippen molar-refractivity contribution in [2.45, 2.75) is 6.54 Å². The number of fused-ring (bicyclic) bond motifs is 1. The Kier molecular flexibility index (Phi) is 3.55. The molecule has 0 amide bonds. The van der Waals surface area contributed by atoms with Crippen molar-refractivity contribution in [3.05, 3.63) is 58.2 Å². The summed E-state index contributed by atoms with van der Waals surface area (Å²) in [6.45, 7) is 0.623. The minimum absolute atomic E-state index is 0.617. The molecule has 5 heteroatoms. The summed E-state index contributed by atoms with van der Waals surface area (Å²) in [5, 5.41) is 10.2. The van der Waals surface area contributed by atoms with Crippen molar-refractivity contribution >= 4 is 39.8 Å². The third kappa shape index (κ3) is 2.60. The lowest BCUT2D eigenvalue weighted by Gasteiger charge is -2.06. The molecule has 0 atom stereocenters. The lowest BCUT2D eigenvalue weighted by Crippen LogP contribution is -2.01. The van der Waals surface area contributed by atoms with Gasteiger partial charge in [-0.25, -0.2) is 0 Å². The third-order valence-corrected chi connectivity index (χ3v) is 3.59. The Morgan fingerprint density at radius 2 is 1.80 bits per heavy atom. The van der Waals surface area contributed by atoms with Gasteiger partial charge in [-0.3, -0.25) is 4.68 Å². The van der Waals surface area contributed by atoms with Crippen LogP contribution in [-0.4, -0.2) is 9.78 Å². The number of hydrogen-bond acceptors (Lipinski definition) is 2. The zero-order chi connectivity index (χ0) is 14.1. The Labute approximate surface area is 127 Å². The first kappa shape index (κ1) is 13.3. The molecule has 1 N–H and O–H groups in total. The van der Waals surface area contributed by atoms with Gasteiger partial charge in [0, 0.05) is 28.2 Å². The molecule has 3 aromatic rings. The van der Waals surface area contributed by atoms with E-state index in [-0.39, 0.29) is 0 Å². The van der Waals surface area contributed by atoms with Crippen molar-refractivity contribution in [2.24, 2.45) is 7.05 Å². The van der Waals surface area contributed by atoms with Crippen LogP contribution < -0.4 is 5.32 Å². The number of aryl methyl sites for hydroxylation is 1. The van der Waals surface area contributed by atoms with Crippen LogP contribution in [0.3, 0.4) is 0 Å². The van der Waals surface area contributed by atoms with E-state index < -0.39 is 0 Å². The van der Waals surface area contributed by atoms with Crippen LogP contribution in [0.1, 0.15) is 5.69 Å². The fourth-order valence-corrected chi connectivity index (χ4v) is 2.79. The fraction of sp³-hybridized carbons (Fsp3) is 0.133. The van der Waals surface area contributed by atoms with E-state index in [1.54, 1.807) is 6.07 Å². The number of halogens is 2. The highest BCUT2D eigenvalue weighted by molar-refractivity contribution is 6.35. The molecule has 20 heavy (non-hydrogen) atoms. The highest BCUT2D eigenvalue weighted by Crippen LogP contribution is 2.24. The van der Waals surface area contributed by atoms with Gasteiger partial charge < -0.3 is 5.32 Å². The van der Waals surface area contributed by atoms with Gasteiger partial charge >= 0.3 is 0 Å². The lowest BCUT2D eigenvalue weighted by molar-refractivity contribution is 0.771. The van der Waals surface area contributed by atoms with Crippen LogP contribution in [0.25, 0.3) is 10.9 Å². The Morgan fingerprint density at radius 3 is 2.55 bits per heavy atom. The number of benzene rings is 2. The molecule has 0 saturated carbocycles. The molecule has 0 aliphatic heterocycles. The molecule has 0 radical (unpaired) electrons. The Morgan fingerprint density at radius 1 is 1.10 bits per heavy atom. The van der Waals surface area contributed by atoms with E-state index >= 15 is 0 Å². The van der Waals surface area contributed by atoms with E-state index in [1.165, 1.54) is 0 Å². The predicted molar refractivity (Wildman–Crippen MR) is 84.5 cm³/mol. The maximum Gasteiger partial charge on any atom is 0.0894 e. The molecule has 0 spiro atoms. The number of rotatable bonds is 3. The summed E-state index contributed by atoms with van der Waals surface area (Å²) in [4.78, 5) is 0. The molecule has 0 aliphatic carbocycles. The van der Waals surface area contributed by atoms with Crippen LogP contribution in [-0.2, 0) is 13.6 Å². The third-order valence-electron chi connectivity index (χ3n) is 3.16. The lowest BCUT2D eigenvalue weighted by atomic mass is 10.2. The van der Waals surface area contributed by atoms with Crippen molar-refractivity contribution in [1.29, 1.82) is 0 Å². The molecule has 2 aromatic carbocycles. The Balaban J connectivity index is 1.87. The van der Waals surface area contributed by atoms with Crippen LogP contribution in [0.4, 0.5) is 5.69 Å². The minimum Gasteiger partial charge on any atom is -0.379 e. The molecule has 0 saturated heterocycles. The molecule has 3 rings (SSSR count). The first-order chi connectivity index (χ1) is 9.63. The Bertz CT molecular complexity index is 745. The van der Waals surface area contributed by atoms with Crippen LogP contribution in [0.5, 0.6) is 0 Å². The number of hydrogen-bond donors (Lipinski definition) is 1. The molecule has 1 heterocycles. The Hall–Kier alpha value is -1.71. The van der Waals surface area contributed by atoms with Gasteiger partial charge in [0.15, 0.2) is 0 Å². The summed E-state index contributed by atoms with van der Waals surface area (Å²) in [7, 11) is 1.95. The molecule has 0 aliphatic rings. The maximum absolute atomic E-state index is 5.99. The van der Waals surface area contributed by atoms with Crippen LogP contribution in [0.15, 0.2) is 42.5 Å². The zero-order valence-electron chi connectivity index (χ0n) is 10.9. The molecule has 0 bridgehead atoms. The molecule has 102 valence electrons. The number of nitrogens with zero attached hydrogens (tertiary/aromatic N) is 2. The number of para-hydroxylation sites is 1. The van der Waals surface area contributed by atoms with Gasteiger partial charge in [0.1, 0.15) is 0 Å². The smallest absolute Gasteiger partial charge is 0.0894 e. The largest absolute Gasteiger partial charge is 0.379 e. The van der Waals surface area contributed by atoms with Crippen molar-refractivity contribution in [3.63, 3.8) is 0 Å². The molecular weight excluding hydrogens is 293 g/mol.